The third-order valence-corrected chi connectivity index (χ3v) is 1.56. The molecule has 0 fully saturated rings. The lowest BCUT2D eigenvalue weighted by Crippen LogP contribution is -1.89. The van der Waals surface area contributed by atoms with Gasteiger partial charge in [-0.1, -0.05) is 11.6 Å². The van der Waals surface area contributed by atoms with Crippen LogP contribution in [-0.4, -0.2) is 11.3 Å². The van der Waals surface area contributed by atoms with Gasteiger partial charge in [0.1, 0.15) is 11.6 Å². The van der Waals surface area contributed by atoms with Crippen LogP contribution in [0.1, 0.15) is 5.56 Å². The summed E-state index contributed by atoms with van der Waals surface area (Å²) in [7, 11) is 0. The number of hydrogen-bond acceptors (Lipinski definition) is 3. The van der Waals surface area contributed by atoms with Crippen molar-refractivity contribution in [2.75, 3.05) is 0 Å². The summed E-state index contributed by atoms with van der Waals surface area (Å²) in [5.74, 6) is 4.04. The lowest BCUT2D eigenvalue weighted by Gasteiger charge is -2.00. The van der Waals surface area contributed by atoms with Gasteiger partial charge in [-0.3, -0.25) is 0 Å². The van der Waals surface area contributed by atoms with E-state index in [2.05, 4.69) is 5.10 Å². The molecule has 5 heteroatoms. The number of nitrogens with zero attached hydrogens (tertiary/aromatic N) is 1. The highest BCUT2D eigenvalue weighted by atomic mass is 35.5. The fourth-order valence-corrected chi connectivity index (χ4v) is 0.978. The van der Waals surface area contributed by atoms with Gasteiger partial charge in [-0.05, 0) is 12.1 Å². The van der Waals surface area contributed by atoms with Gasteiger partial charge in [-0.25, -0.2) is 4.39 Å². The molecule has 3 N–H and O–H groups in total. The zero-order valence-corrected chi connectivity index (χ0v) is 6.72. The Labute approximate surface area is 73.3 Å². The topological polar surface area (TPSA) is 58.6 Å². The molecular formula is C7H6ClFN2O. The molecule has 12 heavy (non-hydrogen) atoms. The third kappa shape index (κ3) is 1.65. The fraction of sp³-hybridized carbons (Fsp3) is 0. The van der Waals surface area contributed by atoms with Crippen molar-refractivity contribution in [2.45, 2.75) is 0 Å². The minimum Gasteiger partial charge on any atom is -0.506 e. The lowest BCUT2D eigenvalue weighted by atomic mass is 10.2. The Balaban J connectivity index is 3.27. The van der Waals surface area contributed by atoms with Crippen LogP contribution in [0, 0.1) is 5.82 Å². The van der Waals surface area contributed by atoms with Gasteiger partial charge in [0, 0.05) is 5.56 Å². The molecule has 0 aliphatic carbocycles. The second-order valence-corrected chi connectivity index (χ2v) is 2.51. The maximum absolute atomic E-state index is 12.6. The highest BCUT2D eigenvalue weighted by Gasteiger charge is 2.05. The van der Waals surface area contributed by atoms with E-state index in [1.165, 1.54) is 0 Å². The number of hydrazone groups is 1. The molecule has 0 unspecified atom stereocenters. The van der Waals surface area contributed by atoms with E-state index in [0.29, 0.717) is 0 Å². The Morgan fingerprint density at radius 1 is 1.58 bits per heavy atom. The first-order valence-corrected chi connectivity index (χ1v) is 3.44. The molecule has 0 radical (unpaired) electrons. The van der Waals surface area contributed by atoms with E-state index in [1.807, 2.05) is 0 Å². The monoisotopic (exact) mass is 188 g/mol. The van der Waals surface area contributed by atoms with Crippen molar-refractivity contribution in [1.29, 1.82) is 0 Å². The average Bonchev–Trinajstić information content (AvgIpc) is 2.00. The number of hydrogen-bond donors (Lipinski definition) is 2. The lowest BCUT2D eigenvalue weighted by molar-refractivity contribution is 0.472. The van der Waals surface area contributed by atoms with Gasteiger partial charge in [0.05, 0.1) is 11.2 Å². The first kappa shape index (κ1) is 8.80. The molecule has 0 heterocycles. The predicted octanol–water partition coefficient (Wildman–Crippen LogP) is 1.48. The van der Waals surface area contributed by atoms with Crippen molar-refractivity contribution in [3.8, 4) is 5.75 Å². The van der Waals surface area contributed by atoms with Crippen molar-refractivity contribution < 1.29 is 9.50 Å². The Bertz CT molecular complexity index is 327. The van der Waals surface area contributed by atoms with Crippen molar-refractivity contribution >= 4 is 17.8 Å². The molecule has 64 valence electrons. The summed E-state index contributed by atoms with van der Waals surface area (Å²) in [4.78, 5) is 0. The molecule has 0 saturated heterocycles. The number of benzene rings is 1. The van der Waals surface area contributed by atoms with E-state index in [0.717, 1.165) is 18.3 Å². The molecule has 1 aromatic rings. The number of phenols is 1. The molecule has 0 aliphatic rings. The molecule has 0 aliphatic heterocycles. The molecule has 0 amide bonds. The summed E-state index contributed by atoms with van der Waals surface area (Å²) >= 11 is 5.46. The van der Waals surface area contributed by atoms with E-state index in [4.69, 9.17) is 17.4 Å². The van der Waals surface area contributed by atoms with Crippen LogP contribution >= 0.6 is 11.6 Å². The summed E-state index contributed by atoms with van der Waals surface area (Å²) in [6, 6.07) is 2.09. The second kappa shape index (κ2) is 3.40. The molecule has 3 nitrogen and oxygen atoms in total. The Morgan fingerprint density at radius 3 is 2.83 bits per heavy atom. The van der Waals surface area contributed by atoms with Crippen LogP contribution in [0.4, 0.5) is 4.39 Å². The van der Waals surface area contributed by atoms with Crippen LogP contribution in [0.25, 0.3) is 0 Å². The van der Waals surface area contributed by atoms with E-state index in [-0.39, 0.29) is 16.3 Å². The standard InChI is InChI=1S/C7H6ClFN2O/c8-6-2-5(9)1-4(3-11-10)7(6)12/h1-3,12H,10H2. The minimum atomic E-state index is -0.548. The summed E-state index contributed by atoms with van der Waals surface area (Å²) < 4.78 is 12.6. The smallest absolute Gasteiger partial charge is 0.143 e. The Kier molecular flexibility index (Phi) is 2.50. The zero-order valence-electron chi connectivity index (χ0n) is 5.96. The fourth-order valence-electron chi connectivity index (χ4n) is 0.765. The first-order chi connectivity index (χ1) is 5.65. The number of halogens is 2. The quantitative estimate of drug-likeness (QED) is 0.398. The highest BCUT2D eigenvalue weighted by molar-refractivity contribution is 6.32. The van der Waals surface area contributed by atoms with Crippen LogP contribution in [0.3, 0.4) is 0 Å². The Morgan fingerprint density at radius 2 is 2.25 bits per heavy atom. The summed E-state index contributed by atoms with van der Waals surface area (Å²) in [5, 5.41) is 12.3. The van der Waals surface area contributed by atoms with Crippen molar-refractivity contribution in [1.82, 2.24) is 0 Å². The molecule has 0 spiro atoms. The van der Waals surface area contributed by atoms with Gasteiger partial charge in [0.15, 0.2) is 0 Å². The zero-order chi connectivity index (χ0) is 9.14. The molecule has 1 rings (SSSR count). The van der Waals surface area contributed by atoms with E-state index in [1.54, 1.807) is 0 Å². The number of aromatic hydroxyl groups is 1. The van der Waals surface area contributed by atoms with Gasteiger partial charge >= 0.3 is 0 Å². The molecule has 0 aromatic heterocycles. The van der Waals surface area contributed by atoms with Gasteiger partial charge in [0.25, 0.3) is 0 Å². The van der Waals surface area contributed by atoms with Gasteiger partial charge in [-0.2, -0.15) is 5.10 Å². The SMILES string of the molecule is NN=Cc1cc(F)cc(Cl)c1O. The van der Waals surface area contributed by atoms with Crippen LogP contribution in [0.2, 0.25) is 5.02 Å². The molecule has 0 bridgehead atoms. The van der Waals surface area contributed by atoms with Crippen molar-refractivity contribution in [3.63, 3.8) is 0 Å². The molecule has 1 aromatic carbocycles. The third-order valence-electron chi connectivity index (χ3n) is 1.27. The number of nitrogens with two attached hydrogens (primary N) is 1. The molecule has 0 atom stereocenters. The molecular weight excluding hydrogens is 183 g/mol. The van der Waals surface area contributed by atoms with Gasteiger partial charge < -0.3 is 10.9 Å². The average molecular weight is 189 g/mol. The van der Waals surface area contributed by atoms with E-state index in [9.17, 15) is 9.50 Å². The van der Waals surface area contributed by atoms with Crippen molar-refractivity contribution in [2.24, 2.45) is 10.9 Å². The van der Waals surface area contributed by atoms with Crippen LogP contribution in [0.15, 0.2) is 17.2 Å². The highest BCUT2D eigenvalue weighted by Crippen LogP contribution is 2.27. The first-order valence-electron chi connectivity index (χ1n) is 3.06. The van der Waals surface area contributed by atoms with E-state index >= 15 is 0 Å². The Hall–Kier alpha value is -1.29. The summed E-state index contributed by atoms with van der Waals surface area (Å²) in [6.45, 7) is 0. The largest absolute Gasteiger partial charge is 0.506 e. The van der Waals surface area contributed by atoms with Gasteiger partial charge in [-0.15, -0.1) is 0 Å². The van der Waals surface area contributed by atoms with Crippen LogP contribution in [0.5, 0.6) is 5.75 Å². The van der Waals surface area contributed by atoms with Crippen molar-refractivity contribution in [3.05, 3.63) is 28.5 Å². The van der Waals surface area contributed by atoms with Crippen LogP contribution < -0.4 is 5.84 Å². The predicted molar refractivity (Wildman–Crippen MR) is 44.9 cm³/mol. The van der Waals surface area contributed by atoms with Crippen LogP contribution in [-0.2, 0) is 0 Å². The summed E-state index contributed by atoms with van der Waals surface area (Å²) in [5.41, 5.74) is 0.155. The maximum atomic E-state index is 12.6. The van der Waals surface area contributed by atoms with Gasteiger partial charge in [0.2, 0.25) is 0 Å². The minimum absolute atomic E-state index is 0.0649. The maximum Gasteiger partial charge on any atom is 0.143 e. The molecule has 0 saturated carbocycles. The van der Waals surface area contributed by atoms with E-state index < -0.39 is 5.82 Å². The number of rotatable bonds is 1. The number of phenolic OH excluding ortho intramolecular Hbond substituents is 1. The summed E-state index contributed by atoms with van der Waals surface area (Å²) in [6.07, 6.45) is 1.12. The normalized spacial score (nSPS) is 10.8. The second-order valence-electron chi connectivity index (χ2n) is 2.10.